The highest BCUT2D eigenvalue weighted by Crippen LogP contribution is 2.64. The number of rotatable bonds is 4. The molecule has 0 N–H and O–H groups in total. The van der Waals surface area contributed by atoms with Gasteiger partial charge in [0.05, 0.1) is 5.41 Å². The number of hydrogen-bond donors (Lipinski definition) is 0. The molecule has 270 valence electrons. The molecule has 2 aliphatic rings. The number of hydrogen-bond acceptors (Lipinski definition) is 4. The summed E-state index contributed by atoms with van der Waals surface area (Å²) in [5.41, 5.74) is 12.3. The summed E-state index contributed by atoms with van der Waals surface area (Å²) in [6, 6.07) is 72.1. The lowest BCUT2D eigenvalue weighted by Gasteiger charge is -2.40. The lowest BCUT2D eigenvalue weighted by molar-refractivity contribution is 0.729. The first-order valence-electron chi connectivity index (χ1n) is 19.7. The van der Waals surface area contributed by atoms with Crippen LogP contribution in [0.2, 0.25) is 0 Å². The molecule has 0 atom stereocenters. The fourth-order valence-electron chi connectivity index (χ4n) is 9.34. The Hall–Kier alpha value is -7.14. The van der Waals surface area contributed by atoms with Gasteiger partial charge < -0.3 is 0 Å². The van der Waals surface area contributed by atoms with Crippen LogP contribution >= 0.6 is 11.8 Å². The van der Waals surface area contributed by atoms with Crippen molar-refractivity contribution in [2.45, 2.75) is 15.2 Å². The van der Waals surface area contributed by atoms with Crippen LogP contribution in [0.15, 0.2) is 210 Å². The Morgan fingerprint density at radius 3 is 1.38 bits per heavy atom. The van der Waals surface area contributed by atoms with Gasteiger partial charge >= 0.3 is 0 Å². The Bertz CT molecular complexity index is 3160. The van der Waals surface area contributed by atoms with Crippen molar-refractivity contribution in [3.63, 3.8) is 0 Å². The van der Waals surface area contributed by atoms with E-state index in [2.05, 4.69) is 176 Å². The zero-order valence-electron chi connectivity index (χ0n) is 31.3. The summed E-state index contributed by atoms with van der Waals surface area (Å²) in [5, 5.41) is 5.08. The monoisotopic (exact) mass is 755 g/mol. The van der Waals surface area contributed by atoms with E-state index >= 15 is 0 Å². The summed E-state index contributed by atoms with van der Waals surface area (Å²) in [6.45, 7) is 0. The summed E-state index contributed by atoms with van der Waals surface area (Å²) in [7, 11) is 0. The summed E-state index contributed by atoms with van der Waals surface area (Å²) < 4.78 is 0. The fourth-order valence-corrected chi connectivity index (χ4v) is 10.8. The van der Waals surface area contributed by atoms with Crippen molar-refractivity contribution in [2.24, 2.45) is 0 Å². The second kappa shape index (κ2) is 13.0. The molecule has 0 bridgehead atoms. The van der Waals surface area contributed by atoms with Crippen molar-refractivity contribution >= 4 is 33.3 Å². The van der Waals surface area contributed by atoms with Crippen LogP contribution < -0.4 is 0 Å². The van der Waals surface area contributed by atoms with Gasteiger partial charge in [0.15, 0.2) is 17.5 Å². The number of fused-ring (bicyclic) bond motifs is 13. The minimum Gasteiger partial charge on any atom is -0.208 e. The Balaban J connectivity index is 1.09. The molecule has 0 saturated carbocycles. The third kappa shape index (κ3) is 4.92. The molecule has 2 heterocycles. The van der Waals surface area contributed by atoms with E-state index < -0.39 is 5.41 Å². The molecule has 1 aliphatic heterocycles. The molecule has 1 aliphatic carbocycles. The first-order chi connectivity index (χ1) is 28.7. The summed E-state index contributed by atoms with van der Waals surface area (Å²) in [5.74, 6) is 1.94. The van der Waals surface area contributed by atoms with E-state index in [0.29, 0.717) is 17.5 Å². The van der Waals surface area contributed by atoms with E-state index in [9.17, 15) is 0 Å². The van der Waals surface area contributed by atoms with Gasteiger partial charge in [0.1, 0.15) is 0 Å². The fraction of sp³-hybridized carbons (Fsp3) is 0.0185. The topological polar surface area (TPSA) is 38.7 Å². The average molecular weight is 756 g/mol. The lowest BCUT2D eigenvalue weighted by atomic mass is 9.66. The molecule has 12 rings (SSSR count). The van der Waals surface area contributed by atoms with E-state index in [0.717, 1.165) is 22.3 Å². The van der Waals surface area contributed by atoms with Crippen LogP contribution in [-0.2, 0) is 5.41 Å². The molecule has 0 radical (unpaired) electrons. The largest absolute Gasteiger partial charge is 0.208 e. The van der Waals surface area contributed by atoms with Gasteiger partial charge in [-0.1, -0.05) is 206 Å². The minimum atomic E-state index is -0.519. The van der Waals surface area contributed by atoms with Crippen LogP contribution in [-0.4, -0.2) is 15.0 Å². The van der Waals surface area contributed by atoms with E-state index in [1.165, 1.54) is 70.3 Å². The molecule has 0 amide bonds. The van der Waals surface area contributed by atoms with Crippen LogP contribution in [0.25, 0.3) is 78.0 Å². The van der Waals surface area contributed by atoms with Gasteiger partial charge in [-0.3, -0.25) is 0 Å². The van der Waals surface area contributed by atoms with Crippen molar-refractivity contribution in [1.82, 2.24) is 15.0 Å². The maximum absolute atomic E-state index is 5.20. The summed E-state index contributed by atoms with van der Waals surface area (Å²) in [6.07, 6.45) is 0. The number of nitrogens with zero attached hydrogens (tertiary/aromatic N) is 3. The maximum atomic E-state index is 5.20. The second-order valence-electron chi connectivity index (χ2n) is 15.1. The minimum absolute atomic E-state index is 0.519. The maximum Gasteiger partial charge on any atom is 0.164 e. The second-order valence-corrected chi connectivity index (χ2v) is 16.1. The van der Waals surface area contributed by atoms with Crippen LogP contribution in [0, 0.1) is 0 Å². The first kappa shape index (κ1) is 33.0. The van der Waals surface area contributed by atoms with Gasteiger partial charge in [-0.05, 0) is 72.1 Å². The Morgan fingerprint density at radius 2 is 0.741 bits per heavy atom. The lowest BCUT2D eigenvalue weighted by Crippen LogP contribution is -2.32. The van der Waals surface area contributed by atoms with Gasteiger partial charge in [-0.25, -0.2) is 15.0 Å². The highest BCUT2D eigenvalue weighted by atomic mass is 32.2. The van der Waals surface area contributed by atoms with Crippen molar-refractivity contribution in [1.29, 1.82) is 0 Å². The molecule has 9 aromatic carbocycles. The molecule has 1 spiro atoms. The smallest absolute Gasteiger partial charge is 0.164 e. The van der Waals surface area contributed by atoms with Crippen molar-refractivity contribution in [3.8, 4) is 56.4 Å². The highest BCUT2D eigenvalue weighted by Gasteiger charge is 2.51. The zero-order chi connectivity index (χ0) is 38.2. The molecule has 0 saturated heterocycles. The van der Waals surface area contributed by atoms with E-state index in [-0.39, 0.29) is 0 Å². The van der Waals surface area contributed by atoms with Crippen LogP contribution in [0.4, 0.5) is 0 Å². The quantitative estimate of drug-likeness (QED) is 0.179. The standard InChI is InChI=1S/C54H33N3S/c1-3-13-34(14-4-1)35-23-25-39(26-24-35)52-55-51(38-17-5-2-6-18-38)56-53(57-52)40-29-30-46-44(33-40)43-21-11-12-22-45(43)54(46)47-31-27-36-15-7-9-19-41(36)49(47)58-50-42-20-10-8-16-37(42)28-32-48(50)54/h1-33H. The van der Waals surface area contributed by atoms with E-state index in [1.807, 2.05) is 36.0 Å². The van der Waals surface area contributed by atoms with Crippen molar-refractivity contribution in [2.75, 3.05) is 0 Å². The van der Waals surface area contributed by atoms with E-state index in [1.54, 1.807) is 0 Å². The molecule has 4 heteroatoms. The molecular weight excluding hydrogens is 723 g/mol. The van der Waals surface area contributed by atoms with Crippen molar-refractivity contribution < 1.29 is 0 Å². The Morgan fingerprint density at radius 1 is 0.310 bits per heavy atom. The summed E-state index contributed by atoms with van der Waals surface area (Å²) >= 11 is 1.92. The third-order valence-electron chi connectivity index (χ3n) is 12.0. The average Bonchev–Trinajstić information content (AvgIpc) is 3.59. The van der Waals surface area contributed by atoms with Crippen LogP contribution in [0.3, 0.4) is 0 Å². The predicted octanol–water partition coefficient (Wildman–Crippen LogP) is 13.7. The molecule has 3 nitrogen and oxygen atoms in total. The predicted molar refractivity (Wildman–Crippen MR) is 238 cm³/mol. The zero-order valence-corrected chi connectivity index (χ0v) is 32.1. The number of aromatic nitrogens is 3. The molecule has 0 unspecified atom stereocenters. The molecule has 0 fully saturated rings. The molecule has 58 heavy (non-hydrogen) atoms. The normalized spacial score (nSPS) is 13.2. The molecule has 1 aromatic heterocycles. The first-order valence-corrected chi connectivity index (χ1v) is 20.5. The van der Waals surface area contributed by atoms with Gasteiger partial charge in [0.2, 0.25) is 0 Å². The molecule has 10 aromatic rings. The van der Waals surface area contributed by atoms with Gasteiger partial charge in [-0.15, -0.1) is 0 Å². The van der Waals surface area contributed by atoms with Gasteiger partial charge in [0.25, 0.3) is 0 Å². The van der Waals surface area contributed by atoms with Crippen molar-refractivity contribution in [3.05, 3.63) is 222 Å². The Labute approximate surface area is 340 Å². The third-order valence-corrected chi connectivity index (χ3v) is 13.3. The van der Waals surface area contributed by atoms with Gasteiger partial charge in [-0.2, -0.15) is 0 Å². The Kier molecular flexibility index (Phi) is 7.38. The van der Waals surface area contributed by atoms with Crippen LogP contribution in [0.1, 0.15) is 22.3 Å². The molecular formula is C54H33N3S. The van der Waals surface area contributed by atoms with E-state index in [4.69, 9.17) is 15.0 Å². The SMILES string of the molecule is c1ccc(-c2ccc(-c3nc(-c4ccccc4)nc(-c4ccc5c(c4)-c4ccccc4C54c5ccc6ccccc6c5Sc5c4ccc4ccccc54)n3)cc2)cc1. The number of benzene rings is 9. The highest BCUT2D eigenvalue weighted by molar-refractivity contribution is 8.00. The van der Waals surface area contributed by atoms with Crippen LogP contribution in [0.5, 0.6) is 0 Å². The summed E-state index contributed by atoms with van der Waals surface area (Å²) in [4.78, 5) is 18.1. The van der Waals surface area contributed by atoms with Gasteiger partial charge in [0, 0.05) is 26.5 Å².